The van der Waals surface area contributed by atoms with Gasteiger partial charge in [0, 0.05) is 12.3 Å². The molecule has 1 aromatic heterocycles. The van der Waals surface area contributed by atoms with Gasteiger partial charge in [0.05, 0.1) is 0 Å². The lowest BCUT2D eigenvalue weighted by atomic mass is 10.7. The van der Waals surface area contributed by atoms with Gasteiger partial charge in [0.1, 0.15) is 0 Å². The van der Waals surface area contributed by atoms with E-state index in [-0.39, 0.29) is 30.4 Å². The summed E-state index contributed by atoms with van der Waals surface area (Å²) in [4.78, 5) is 24.7. The van der Waals surface area contributed by atoms with Crippen LogP contribution in [0, 0.1) is 0 Å². The minimum atomic E-state index is -0.475. The molecule has 4 nitrogen and oxygen atoms in total. The summed E-state index contributed by atoms with van der Waals surface area (Å²) in [6.07, 6.45) is 1.29. The van der Waals surface area contributed by atoms with E-state index in [1.54, 1.807) is 0 Å². The molecule has 0 bridgehead atoms. The van der Waals surface area contributed by atoms with Gasteiger partial charge in [0.25, 0.3) is 5.56 Å². The van der Waals surface area contributed by atoms with E-state index in [0.29, 0.717) is 0 Å². The number of rotatable bonds is 0. The van der Waals surface area contributed by atoms with Gasteiger partial charge in [-0.15, -0.1) is 24.8 Å². The molecule has 0 aliphatic heterocycles. The average molecular weight is 185 g/mol. The maximum atomic E-state index is 10.2. The summed E-state index contributed by atoms with van der Waals surface area (Å²) < 4.78 is 0. The summed E-state index contributed by atoms with van der Waals surface area (Å²) in [5, 5.41) is 0. The van der Waals surface area contributed by atoms with Gasteiger partial charge < -0.3 is 4.98 Å². The van der Waals surface area contributed by atoms with Crippen molar-refractivity contribution in [3.63, 3.8) is 0 Å². The van der Waals surface area contributed by atoms with E-state index in [0.717, 1.165) is 0 Å². The highest BCUT2D eigenvalue weighted by Crippen LogP contribution is 1.51. The lowest BCUT2D eigenvalue weighted by Gasteiger charge is -1.75. The second-order valence-corrected chi connectivity index (χ2v) is 1.30. The number of hydrogen-bond acceptors (Lipinski definition) is 2. The molecular weight excluding hydrogens is 179 g/mol. The Kier molecular flexibility index (Phi) is 6.09. The van der Waals surface area contributed by atoms with Gasteiger partial charge in [-0.25, -0.2) is 4.79 Å². The first-order valence-corrected chi connectivity index (χ1v) is 2.07. The van der Waals surface area contributed by atoms with E-state index in [1.165, 1.54) is 12.3 Å². The maximum absolute atomic E-state index is 10.2. The van der Waals surface area contributed by atoms with Crippen molar-refractivity contribution in [2.45, 2.75) is 0 Å². The lowest BCUT2D eigenvalue weighted by molar-refractivity contribution is 1.04. The predicted molar refractivity (Wildman–Crippen MR) is 42.2 cm³/mol. The summed E-state index contributed by atoms with van der Waals surface area (Å²) >= 11 is 0. The Morgan fingerprint density at radius 2 is 1.80 bits per heavy atom. The second-order valence-electron chi connectivity index (χ2n) is 1.30. The van der Waals surface area contributed by atoms with E-state index < -0.39 is 5.69 Å². The molecule has 0 fully saturated rings. The van der Waals surface area contributed by atoms with Crippen LogP contribution < -0.4 is 11.2 Å². The first-order valence-electron chi connectivity index (χ1n) is 2.07. The molecule has 0 aliphatic rings. The number of aromatic amines is 2. The van der Waals surface area contributed by atoms with Gasteiger partial charge in [-0.3, -0.25) is 9.78 Å². The minimum absolute atomic E-state index is 0. The zero-order valence-corrected chi connectivity index (χ0v) is 6.42. The number of aromatic nitrogens is 2. The fourth-order valence-corrected chi connectivity index (χ4v) is 0.383. The monoisotopic (exact) mass is 184 g/mol. The zero-order chi connectivity index (χ0) is 5.98. The Morgan fingerprint density at radius 3 is 2.10 bits per heavy atom. The van der Waals surface area contributed by atoms with Crippen molar-refractivity contribution in [2.75, 3.05) is 0 Å². The smallest absolute Gasteiger partial charge is 0.314 e. The van der Waals surface area contributed by atoms with Crippen LogP contribution in [-0.2, 0) is 0 Å². The normalized spacial score (nSPS) is 7.20. The highest BCUT2D eigenvalue weighted by molar-refractivity contribution is 5.85. The Balaban J connectivity index is 0. The molecule has 0 aliphatic carbocycles. The molecule has 0 aromatic carbocycles. The SMILES string of the molecule is Cl.Cl.O=c1cc[nH]c(=O)[nH]1. The van der Waals surface area contributed by atoms with Crippen LogP contribution in [0.2, 0.25) is 0 Å². The third-order valence-electron chi connectivity index (χ3n) is 0.686. The molecule has 0 amide bonds. The molecular formula is C4H6Cl2N2O2. The molecule has 0 unspecified atom stereocenters. The van der Waals surface area contributed by atoms with Gasteiger partial charge in [-0.1, -0.05) is 0 Å². The quantitative estimate of drug-likeness (QED) is 0.592. The molecule has 1 rings (SSSR count). The van der Waals surface area contributed by atoms with Crippen molar-refractivity contribution in [3.8, 4) is 0 Å². The standard InChI is InChI=1S/C4H4N2O2.2ClH/c7-3-1-2-5-4(8)6-3;;/h1-2H,(H2,5,6,7,8);2*1H. The van der Waals surface area contributed by atoms with Crippen molar-refractivity contribution < 1.29 is 0 Å². The van der Waals surface area contributed by atoms with Crippen LogP contribution >= 0.6 is 24.8 Å². The maximum Gasteiger partial charge on any atom is 0.325 e. The Morgan fingerprint density at radius 1 is 1.20 bits per heavy atom. The van der Waals surface area contributed by atoms with Crippen molar-refractivity contribution in [3.05, 3.63) is 33.1 Å². The molecule has 1 aromatic rings. The highest BCUT2D eigenvalue weighted by Gasteiger charge is 1.77. The van der Waals surface area contributed by atoms with Crippen LogP contribution in [0.25, 0.3) is 0 Å². The molecule has 0 saturated heterocycles. The van der Waals surface area contributed by atoms with Gasteiger partial charge in [-0.2, -0.15) is 0 Å². The Hall–Kier alpha value is -0.740. The molecule has 58 valence electrons. The molecule has 0 atom stereocenters. The molecule has 6 heteroatoms. The van der Waals surface area contributed by atoms with Crippen LogP contribution in [0.3, 0.4) is 0 Å². The van der Waals surface area contributed by atoms with E-state index in [1.807, 2.05) is 4.98 Å². The van der Waals surface area contributed by atoms with E-state index in [9.17, 15) is 9.59 Å². The average Bonchev–Trinajstić information content (AvgIpc) is 1.64. The van der Waals surface area contributed by atoms with Crippen LogP contribution in [-0.4, -0.2) is 9.97 Å². The summed E-state index contributed by atoms with van der Waals surface area (Å²) in [7, 11) is 0. The zero-order valence-electron chi connectivity index (χ0n) is 4.79. The summed E-state index contributed by atoms with van der Waals surface area (Å²) in [6, 6.07) is 1.24. The third-order valence-corrected chi connectivity index (χ3v) is 0.686. The fraction of sp³-hybridized carbons (Fsp3) is 0. The van der Waals surface area contributed by atoms with Crippen molar-refractivity contribution in [1.82, 2.24) is 9.97 Å². The molecule has 1 heterocycles. The topological polar surface area (TPSA) is 65.7 Å². The second kappa shape index (κ2) is 5.08. The first-order chi connectivity index (χ1) is 3.79. The molecule has 2 N–H and O–H groups in total. The van der Waals surface area contributed by atoms with Crippen LogP contribution in [0.1, 0.15) is 0 Å². The van der Waals surface area contributed by atoms with Crippen LogP contribution in [0.4, 0.5) is 0 Å². The van der Waals surface area contributed by atoms with E-state index in [4.69, 9.17) is 0 Å². The Labute approximate surface area is 68.5 Å². The number of halogens is 2. The van der Waals surface area contributed by atoms with Gasteiger partial charge in [0.2, 0.25) is 0 Å². The highest BCUT2D eigenvalue weighted by atomic mass is 35.5. The third kappa shape index (κ3) is 3.32. The number of nitrogens with one attached hydrogen (secondary N) is 2. The number of hydrogen-bond donors (Lipinski definition) is 2. The lowest BCUT2D eigenvalue weighted by Crippen LogP contribution is -2.19. The van der Waals surface area contributed by atoms with Gasteiger partial charge >= 0.3 is 5.69 Å². The molecule has 10 heavy (non-hydrogen) atoms. The summed E-state index contributed by atoms with van der Waals surface area (Å²) in [5.41, 5.74) is -0.855. The minimum Gasteiger partial charge on any atom is -0.314 e. The number of H-pyrrole nitrogens is 2. The van der Waals surface area contributed by atoms with Crippen molar-refractivity contribution in [1.29, 1.82) is 0 Å². The Bertz CT molecular complexity index is 254. The van der Waals surface area contributed by atoms with Gasteiger partial charge in [0.15, 0.2) is 0 Å². The molecule has 0 spiro atoms. The van der Waals surface area contributed by atoms with Crippen molar-refractivity contribution >= 4 is 24.8 Å². The molecule has 0 radical (unpaired) electrons. The van der Waals surface area contributed by atoms with Gasteiger partial charge in [-0.05, 0) is 0 Å². The first kappa shape index (κ1) is 12.0. The summed E-state index contributed by atoms with van der Waals surface area (Å²) in [6.45, 7) is 0. The largest absolute Gasteiger partial charge is 0.325 e. The molecule has 0 saturated carbocycles. The predicted octanol–water partition coefficient (Wildman–Crippen LogP) is -0.0932. The van der Waals surface area contributed by atoms with Crippen LogP contribution in [0.15, 0.2) is 21.9 Å². The van der Waals surface area contributed by atoms with Crippen LogP contribution in [0.5, 0.6) is 0 Å². The van der Waals surface area contributed by atoms with E-state index >= 15 is 0 Å². The van der Waals surface area contributed by atoms with E-state index in [2.05, 4.69) is 4.98 Å². The van der Waals surface area contributed by atoms with Crippen molar-refractivity contribution in [2.24, 2.45) is 0 Å². The fourth-order valence-electron chi connectivity index (χ4n) is 0.383. The summed E-state index contributed by atoms with van der Waals surface area (Å²) in [5.74, 6) is 0.